The van der Waals surface area contributed by atoms with Gasteiger partial charge in [0.25, 0.3) is 0 Å². The van der Waals surface area contributed by atoms with Crippen LogP contribution < -0.4 is 5.32 Å². The van der Waals surface area contributed by atoms with E-state index >= 15 is 0 Å². The molecular weight excluding hydrogens is 168 g/mol. The maximum absolute atomic E-state index is 11.3. The molecule has 0 aliphatic carbocycles. The second-order valence-electron chi connectivity index (χ2n) is 3.17. The lowest BCUT2D eigenvalue weighted by atomic mass is 10.2. The third kappa shape index (κ3) is 2.39. The summed E-state index contributed by atoms with van der Waals surface area (Å²) in [5.41, 5.74) is 0. The first kappa shape index (κ1) is 9.92. The Bertz CT molecular complexity index is 292. The van der Waals surface area contributed by atoms with Crippen molar-refractivity contribution in [3.8, 4) is 0 Å². The molecule has 1 heterocycles. The largest absolute Gasteiger partial charge is 0.437 e. The van der Waals surface area contributed by atoms with E-state index in [1.54, 1.807) is 7.05 Å². The number of likely N-dealkylation sites (N-methyl/N-ethyl adjacent to an activating group) is 1. The highest BCUT2D eigenvalue weighted by Gasteiger charge is 2.12. The van der Waals surface area contributed by atoms with Crippen LogP contribution in [0.15, 0.2) is 10.6 Å². The SMILES string of the molecule is CNCC(=O)c1cnc(C(C)C)o1. The van der Waals surface area contributed by atoms with E-state index in [9.17, 15) is 4.79 Å². The van der Waals surface area contributed by atoms with E-state index in [-0.39, 0.29) is 18.2 Å². The van der Waals surface area contributed by atoms with Gasteiger partial charge in [0, 0.05) is 5.92 Å². The normalized spacial score (nSPS) is 10.8. The zero-order chi connectivity index (χ0) is 9.84. The Balaban J connectivity index is 2.73. The summed E-state index contributed by atoms with van der Waals surface area (Å²) in [5, 5.41) is 2.77. The Labute approximate surface area is 77.3 Å². The zero-order valence-electron chi connectivity index (χ0n) is 8.13. The Morgan fingerprint density at radius 2 is 2.38 bits per heavy atom. The topological polar surface area (TPSA) is 55.1 Å². The predicted molar refractivity (Wildman–Crippen MR) is 48.8 cm³/mol. The predicted octanol–water partition coefficient (Wildman–Crippen LogP) is 1.20. The minimum atomic E-state index is -0.0677. The standard InChI is InChI=1S/C9H14N2O2/c1-6(2)9-11-5-8(13-9)7(12)4-10-3/h5-6,10H,4H2,1-3H3. The van der Waals surface area contributed by atoms with Crippen molar-refractivity contribution in [2.24, 2.45) is 0 Å². The Morgan fingerprint density at radius 3 is 2.85 bits per heavy atom. The van der Waals surface area contributed by atoms with Crippen molar-refractivity contribution < 1.29 is 9.21 Å². The number of Topliss-reactive ketones (excluding diaryl/α,β-unsaturated/α-hetero) is 1. The van der Waals surface area contributed by atoms with E-state index in [1.807, 2.05) is 13.8 Å². The molecule has 1 aromatic heterocycles. The van der Waals surface area contributed by atoms with E-state index in [4.69, 9.17) is 4.42 Å². The van der Waals surface area contributed by atoms with Crippen LogP contribution in [0.3, 0.4) is 0 Å². The molecule has 1 aromatic rings. The van der Waals surface area contributed by atoms with Gasteiger partial charge < -0.3 is 9.73 Å². The van der Waals surface area contributed by atoms with Crippen molar-refractivity contribution in [2.75, 3.05) is 13.6 Å². The summed E-state index contributed by atoms with van der Waals surface area (Å²) in [6.07, 6.45) is 1.48. The summed E-state index contributed by atoms with van der Waals surface area (Å²) in [7, 11) is 1.72. The van der Waals surface area contributed by atoms with Crippen LogP contribution in [0.5, 0.6) is 0 Å². The number of nitrogens with one attached hydrogen (secondary N) is 1. The van der Waals surface area contributed by atoms with Gasteiger partial charge in [0.2, 0.25) is 5.78 Å². The van der Waals surface area contributed by atoms with Gasteiger partial charge in [0.05, 0.1) is 12.7 Å². The Kier molecular flexibility index (Phi) is 3.19. The first-order chi connectivity index (χ1) is 6.15. The monoisotopic (exact) mass is 182 g/mol. The third-order valence-corrected chi connectivity index (χ3v) is 1.63. The molecule has 1 N–H and O–H groups in total. The summed E-state index contributed by atoms with van der Waals surface area (Å²) in [6.45, 7) is 4.23. The summed E-state index contributed by atoms with van der Waals surface area (Å²) in [4.78, 5) is 15.3. The molecule has 0 saturated carbocycles. The molecule has 0 unspecified atom stereocenters. The maximum atomic E-state index is 11.3. The van der Waals surface area contributed by atoms with Crippen molar-refractivity contribution >= 4 is 5.78 Å². The van der Waals surface area contributed by atoms with Crippen LogP contribution in [-0.2, 0) is 0 Å². The summed E-state index contributed by atoms with van der Waals surface area (Å²) < 4.78 is 5.26. The molecule has 0 saturated heterocycles. The second kappa shape index (κ2) is 4.18. The lowest BCUT2D eigenvalue weighted by Gasteiger charge is -1.96. The molecule has 72 valence electrons. The lowest BCUT2D eigenvalue weighted by molar-refractivity contribution is 0.0965. The van der Waals surface area contributed by atoms with E-state index in [0.29, 0.717) is 11.7 Å². The van der Waals surface area contributed by atoms with E-state index in [2.05, 4.69) is 10.3 Å². The summed E-state index contributed by atoms with van der Waals surface area (Å²) in [5.74, 6) is 1.09. The zero-order valence-corrected chi connectivity index (χ0v) is 8.13. The number of ketones is 1. The van der Waals surface area contributed by atoms with Gasteiger partial charge in [-0.1, -0.05) is 13.8 Å². The first-order valence-corrected chi connectivity index (χ1v) is 4.28. The number of hydrogen-bond donors (Lipinski definition) is 1. The molecule has 1 rings (SSSR count). The minimum absolute atomic E-state index is 0.0677. The van der Waals surface area contributed by atoms with Gasteiger partial charge >= 0.3 is 0 Å². The Morgan fingerprint density at radius 1 is 1.69 bits per heavy atom. The summed E-state index contributed by atoms with van der Waals surface area (Å²) in [6, 6.07) is 0. The van der Waals surface area contributed by atoms with Crippen LogP contribution in [-0.4, -0.2) is 24.4 Å². The fourth-order valence-electron chi connectivity index (χ4n) is 0.931. The van der Waals surface area contributed by atoms with Crippen LogP contribution in [0.1, 0.15) is 36.2 Å². The van der Waals surface area contributed by atoms with Crippen molar-refractivity contribution in [1.82, 2.24) is 10.3 Å². The molecule has 4 nitrogen and oxygen atoms in total. The van der Waals surface area contributed by atoms with Gasteiger partial charge in [-0.05, 0) is 7.05 Å². The average molecular weight is 182 g/mol. The molecule has 0 aliphatic heterocycles. The number of carbonyl (C=O) groups is 1. The van der Waals surface area contributed by atoms with Gasteiger partial charge in [0.1, 0.15) is 0 Å². The van der Waals surface area contributed by atoms with Crippen LogP contribution in [0.4, 0.5) is 0 Å². The fourth-order valence-corrected chi connectivity index (χ4v) is 0.931. The molecule has 0 spiro atoms. The van der Waals surface area contributed by atoms with Crippen LogP contribution in [0, 0.1) is 0 Å². The third-order valence-electron chi connectivity index (χ3n) is 1.63. The fraction of sp³-hybridized carbons (Fsp3) is 0.556. The van der Waals surface area contributed by atoms with Gasteiger partial charge in [-0.2, -0.15) is 0 Å². The van der Waals surface area contributed by atoms with Crippen LogP contribution >= 0.6 is 0 Å². The van der Waals surface area contributed by atoms with Crippen molar-refractivity contribution in [2.45, 2.75) is 19.8 Å². The highest BCUT2D eigenvalue weighted by molar-refractivity contribution is 5.94. The number of rotatable bonds is 4. The first-order valence-electron chi connectivity index (χ1n) is 4.28. The Hall–Kier alpha value is -1.16. The molecule has 0 fully saturated rings. The van der Waals surface area contributed by atoms with E-state index < -0.39 is 0 Å². The second-order valence-corrected chi connectivity index (χ2v) is 3.17. The molecule has 0 aromatic carbocycles. The number of nitrogens with zero attached hydrogens (tertiary/aromatic N) is 1. The van der Waals surface area contributed by atoms with Crippen molar-refractivity contribution in [1.29, 1.82) is 0 Å². The van der Waals surface area contributed by atoms with Crippen LogP contribution in [0.25, 0.3) is 0 Å². The number of oxazole rings is 1. The highest BCUT2D eigenvalue weighted by atomic mass is 16.4. The molecular formula is C9H14N2O2. The van der Waals surface area contributed by atoms with E-state index in [0.717, 1.165) is 0 Å². The minimum Gasteiger partial charge on any atom is -0.437 e. The molecule has 0 aliphatic rings. The van der Waals surface area contributed by atoms with Crippen molar-refractivity contribution in [3.63, 3.8) is 0 Å². The summed E-state index contributed by atoms with van der Waals surface area (Å²) >= 11 is 0. The molecule has 0 radical (unpaired) electrons. The number of hydrogen-bond acceptors (Lipinski definition) is 4. The highest BCUT2D eigenvalue weighted by Crippen LogP contribution is 2.13. The molecule has 0 amide bonds. The van der Waals surface area contributed by atoms with Gasteiger partial charge in [-0.3, -0.25) is 4.79 Å². The number of aromatic nitrogens is 1. The van der Waals surface area contributed by atoms with Gasteiger partial charge in [-0.15, -0.1) is 0 Å². The van der Waals surface area contributed by atoms with Gasteiger partial charge in [0.15, 0.2) is 11.7 Å². The molecule has 0 atom stereocenters. The quantitative estimate of drug-likeness (QED) is 0.711. The van der Waals surface area contributed by atoms with Gasteiger partial charge in [-0.25, -0.2) is 4.98 Å². The van der Waals surface area contributed by atoms with E-state index in [1.165, 1.54) is 6.20 Å². The molecule has 13 heavy (non-hydrogen) atoms. The van der Waals surface area contributed by atoms with Crippen LogP contribution in [0.2, 0.25) is 0 Å². The smallest absolute Gasteiger partial charge is 0.213 e. The van der Waals surface area contributed by atoms with Crippen molar-refractivity contribution in [3.05, 3.63) is 17.8 Å². The average Bonchev–Trinajstić information content (AvgIpc) is 2.52. The lowest BCUT2D eigenvalue weighted by Crippen LogP contribution is -2.17. The number of carbonyl (C=O) groups excluding carboxylic acids is 1. The maximum Gasteiger partial charge on any atom is 0.213 e. The molecule has 4 heteroatoms. The molecule has 0 bridgehead atoms.